The second-order valence-electron chi connectivity index (χ2n) is 5.92. The van der Waals surface area contributed by atoms with Gasteiger partial charge in [-0.25, -0.2) is 4.79 Å². The third kappa shape index (κ3) is 5.34. The summed E-state index contributed by atoms with van der Waals surface area (Å²) >= 11 is 0. The molecule has 0 bridgehead atoms. The topological polar surface area (TPSA) is 108 Å². The summed E-state index contributed by atoms with van der Waals surface area (Å²) in [4.78, 5) is 37.2. The molecular weight excluding hydrogens is 392 g/mol. The lowest BCUT2D eigenvalue weighted by atomic mass is 10.1. The molecule has 0 aliphatic rings. The Morgan fingerprint density at radius 2 is 1.90 bits per heavy atom. The zero-order chi connectivity index (χ0) is 22.1. The lowest BCUT2D eigenvalue weighted by molar-refractivity contribution is -0.385. The van der Waals surface area contributed by atoms with Crippen molar-refractivity contribution in [2.45, 2.75) is 6.92 Å². The first kappa shape index (κ1) is 22.4. The normalized spacial score (nSPS) is 10.1. The van der Waals surface area contributed by atoms with Gasteiger partial charge in [0.25, 0.3) is 11.6 Å². The number of para-hydroxylation sites is 1. The number of rotatable bonds is 10. The molecule has 2 aromatic rings. The molecule has 0 radical (unpaired) electrons. The van der Waals surface area contributed by atoms with Gasteiger partial charge in [-0.3, -0.25) is 14.9 Å². The average Bonchev–Trinajstić information content (AvgIpc) is 2.76. The molecule has 0 aliphatic carbocycles. The average molecular weight is 414 g/mol. The monoisotopic (exact) mass is 414 g/mol. The fourth-order valence-electron chi connectivity index (χ4n) is 2.66. The van der Waals surface area contributed by atoms with Gasteiger partial charge in [0.2, 0.25) is 0 Å². The van der Waals surface area contributed by atoms with Gasteiger partial charge >= 0.3 is 5.97 Å². The van der Waals surface area contributed by atoms with Crippen molar-refractivity contribution in [1.29, 1.82) is 0 Å². The highest BCUT2D eigenvalue weighted by Crippen LogP contribution is 2.35. The van der Waals surface area contributed by atoms with Gasteiger partial charge in [0.15, 0.2) is 18.1 Å². The summed E-state index contributed by atoms with van der Waals surface area (Å²) in [5.41, 5.74) is -0.252. The van der Waals surface area contributed by atoms with Crippen LogP contribution in [0.2, 0.25) is 0 Å². The fraction of sp³-hybridized carbons (Fsp3) is 0.238. The van der Waals surface area contributed by atoms with Crippen molar-refractivity contribution in [1.82, 2.24) is 0 Å². The number of nitrogens with zero attached hydrogens (tertiary/aromatic N) is 2. The van der Waals surface area contributed by atoms with E-state index in [0.717, 1.165) is 12.1 Å². The second-order valence-corrected chi connectivity index (χ2v) is 5.92. The molecule has 0 aliphatic heterocycles. The van der Waals surface area contributed by atoms with Crippen LogP contribution in [0.15, 0.2) is 55.1 Å². The molecule has 9 heteroatoms. The van der Waals surface area contributed by atoms with Crippen LogP contribution in [0, 0.1) is 10.1 Å². The number of esters is 1. The quantitative estimate of drug-likeness (QED) is 0.254. The molecule has 0 spiro atoms. The molecule has 0 atom stereocenters. The van der Waals surface area contributed by atoms with Crippen LogP contribution >= 0.6 is 0 Å². The van der Waals surface area contributed by atoms with Gasteiger partial charge in [-0.1, -0.05) is 24.3 Å². The number of hydrogen-bond acceptors (Lipinski definition) is 7. The second kappa shape index (κ2) is 10.6. The highest BCUT2D eigenvalue weighted by molar-refractivity contribution is 5.99. The number of amides is 1. The largest absolute Gasteiger partial charge is 0.493 e. The molecule has 2 rings (SSSR count). The number of nitro groups is 1. The minimum absolute atomic E-state index is 0.126. The van der Waals surface area contributed by atoms with Crippen molar-refractivity contribution in [2.24, 2.45) is 0 Å². The van der Waals surface area contributed by atoms with Crippen molar-refractivity contribution in [3.63, 3.8) is 0 Å². The molecule has 30 heavy (non-hydrogen) atoms. The SMILES string of the molecule is C=CCN(C(=O)COC(=O)c1cc(OC)c(OCC)cc1[N+](=O)[O-])c1ccccc1. The first-order valence-corrected chi connectivity index (χ1v) is 9.05. The summed E-state index contributed by atoms with van der Waals surface area (Å²) in [5, 5.41) is 11.4. The number of anilines is 1. The maximum atomic E-state index is 12.6. The summed E-state index contributed by atoms with van der Waals surface area (Å²) in [7, 11) is 1.34. The Kier molecular flexibility index (Phi) is 7.92. The van der Waals surface area contributed by atoms with Gasteiger partial charge in [0.05, 0.1) is 24.7 Å². The number of ether oxygens (including phenoxy) is 3. The molecule has 1 amide bonds. The lowest BCUT2D eigenvalue weighted by Crippen LogP contribution is -2.34. The van der Waals surface area contributed by atoms with Crippen molar-refractivity contribution < 1.29 is 28.7 Å². The van der Waals surface area contributed by atoms with Gasteiger partial charge in [-0.2, -0.15) is 0 Å². The van der Waals surface area contributed by atoms with E-state index in [1.807, 2.05) is 0 Å². The van der Waals surface area contributed by atoms with E-state index in [1.54, 1.807) is 37.3 Å². The van der Waals surface area contributed by atoms with Crippen LogP contribution in [-0.4, -0.2) is 43.7 Å². The van der Waals surface area contributed by atoms with Crippen molar-refractivity contribution in [3.8, 4) is 11.5 Å². The number of carbonyl (C=O) groups is 2. The fourth-order valence-corrected chi connectivity index (χ4v) is 2.66. The number of nitro benzene ring substituents is 1. The van der Waals surface area contributed by atoms with Crippen LogP contribution in [0.4, 0.5) is 11.4 Å². The van der Waals surface area contributed by atoms with Gasteiger partial charge in [0, 0.05) is 18.3 Å². The Labute approximate surface area is 173 Å². The van der Waals surface area contributed by atoms with Crippen LogP contribution in [0.1, 0.15) is 17.3 Å². The maximum absolute atomic E-state index is 12.6. The van der Waals surface area contributed by atoms with E-state index in [-0.39, 0.29) is 30.2 Å². The molecular formula is C21H22N2O7. The Balaban J connectivity index is 2.23. The van der Waals surface area contributed by atoms with Gasteiger partial charge in [0.1, 0.15) is 5.56 Å². The smallest absolute Gasteiger partial charge is 0.345 e. The van der Waals surface area contributed by atoms with E-state index in [0.29, 0.717) is 5.69 Å². The number of methoxy groups -OCH3 is 1. The molecule has 9 nitrogen and oxygen atoms in total. The molecule has 2 aromatic carbocycles. The summed E-state index contributed by atoms with van der Waals surface area (Å²) in [6.45, 7) is 5.19. The van der Waals surface area contributed by atoms with Gasteiger partial charge < -0.3 is 19.1 Å². The van der Waals surface area contributed by atoms with E-state index in [4.69, 9.17) is 14.2 Å². The van der Waals surface area contributed by atoms with Crippen LogP contribution in [0.25, 0.3) is 0 Å². The number of benzene rings is 2. The van der Waals surface area contributed by atoms with E-state index >= 15 is 0 Å². The van der Waals surface area contributed by atoms with Crippen LogP contribution in [0.5, 0.6) is 11.5 Å². The summed E-state index contributed by atoms with van der Waals surface area (Å²) in [5.74, 6) is -1.27. The van der Waals surface area contributed by atoms with E-state index in [9.17, 15) is 19.7 Å². The maximum Gasteiger partial charge on any atom is 0.345 e. The van der Waals surface area contributed by atoms with Crippen LogP contribution in [0.3, 0.4) is 0 Å². The van der Waals surface area contributed by atoms with Crippen LogP contribution < -0.4 is 14.4 Å². The van der Waals surface area contributed by atoms with Gasteiger partial charge in [-0.15, -0.1) is 6.58 Å². The predicted molar refractivity (Wildman–Crippen MR) is 110 cm³/mol. The zero-order valence-corrected chi connectivity index (χ0v) is 16.7. The van der Waals surface area contributed by atoms with Crippen molar-refractivity contribution in [3.05, 3.63) is 70.8 Å². The first-order chi connectivity index (χ1) is 14.4. The third-order valence-electron chi connectivity index (χ3n) is 4.01. The molecule has 0 saturated carbocycles. The highest BCUT2D eigenvalue weighted by Gasteiger charge is 2.27. The number of hydrogen-bond donors (Lipinski definition) is 0. The van der Waals surface area contributed by atoms with Gasteiger partial charge in [-0.05, 0) is 19.1 Å². The lowest BCUT2D eigenvalue weighted by Gasteiger charge is -2.21. The zero-order valence-electron chi connectivity index (χ0n) is 16.7. The standard InChI is InChI=1S/C21H22N2O7/c1-4-11-22(15-9-7-6-8-10-15)20(24)14-30-21(25)16-12-18(28-3)19(29-5-2)13-17(16)23(26)27/h4,6-10,12-13H,1,5,11,14H2,2-3H3. The molecule has 0 unspecified atom stereocenters. The molecule has 0 N–H and O–H groups in total. The number of carbonyl (C=O) groups excluding carboxylic acids is 2. The van der Waals surface area contributed by atoms with Crippen LogP contribution in [-0.2, 0) is 9.53 Å². The van der Waals surface area contributed by atoms with E-state index < -0.39 is 29.1 Å². The molecule has 0 fully saturated rings. The highest BCUT2D eigenvalue weighted by atomic mass is 16.6. The third-order valence-corrected chi connectivity index (χ3v) is 4.01. The van der Waals surface area contributed by atoms with E-state index in [1.165, 1.54) is 18.1 Å². The summed E-state index contributed by atoms with van der Waals surface area (Å²) in [6.07, 6.45) is 1.54. The Morgan fingerprint density at radius 1 is 1.20 bits per heavy atom. The predicted octanol–water partition coefficient (Wildman–Crippen LogP) is 3.38. The molecule has 0 saturated heterocycles. The molecule has 158 valence electrons. The first-order valence-electron chi connectivity index (χ1n) is 9.05. The van der Waals surface area contributed by atoms with E-state index in [2.05, 4.69) is 6.58 Å². The van der Waals surface area contributed by atoms with Crippen molar-refractivity contribution in [2.75, 3.05) is 31.8 Å². The minimum atomic E-state index is -1.02. The molecule has 0 heterocycles. The Morgan fingerprint density at radius 3 is 2.47 bits per heavy atom. The summed E-state index contributed by atoms with van der Waals surface area (Å²) in [6, 6.07) is 11.0. The Bertz CT molecular complexity index is 928. The Hall–Kier alpha value is -3.88. The summed E-state index contributed by atoms with van der Waals surface area (Å²) < 4.78 is 15.5. The molecule has 0 aromatic heterocycles. The van der Waals surface area contributed by atoms with Crippen molar-refractivity contribution >= 4 is 23.3 Å². The minimum Gasteiger partial charge on any atom is -0.493 e.